The predicted molar refractivity (Wildman–Crippen MR) is 303 cm³/mol. The number of carboxylic acids is 1. The molecule has 0 saturated carbocycles. The number of ether oxygens (including phenoxy) is 5. The summed E-state index contributed by atoms with van der Waals surface area (Å²) in [6, 6.07) is 0. The molecule has 0 spiro atoms. The molecule has 0 amide bonds. The molecule has 0 aromatic carbocycles. The van der Waals surface area contributed by atoms with Gasteiger partial charge in [-0.25, -0.2) is 4.79 Å². The Morgan fingerprint density at radius 1 is 0.453 bits per heavy atom. The molecule has 0 bridgehead atoms. The Kier molecular flexibility index (Phi) is 47.8. The summed E-state index contributed by atoms with van der Waals surface area (Å²) >= 11 is 0. The first kappa shape index (κ1) is 69.7. The molecule has 434 valence electrons. The van der Waals surface area contributed by atoms with Gasteiger partial charge in [0.2, 0.25) is 0 Å². The summed E-state index contributed by atoms with van der Waals surface area (Å²) < 4.78 is 28.5. The zero-order chi connectivity index (χ0) is 54.7. The first-order valence-corrected chi connectivity index (χ1v) is 30.6. The van der Waals surface area contributed by atoms with Gasteiger partial charge in [0.05, 0.1) is 6.61 Å². The maximum Gasteiger partial charge on any atom is 0.335 e. The van der Waals surface area contributed by atoms with Gasteiger partial charge < -0.3 is 39.0 Å². The van der Waals surface area contributed by atoms with Crippen LogP contribution >= 0.6 is 0 Å². The molecule has 6 atom stereocenters. The third-order valence-corrected chi connectivity index (χ3v) is 13.9. The van der Waals surface area contributed by atoms with E-state index in [1.54, 1.807) is 0 Å². The van der Waals surface area contributed by atoms with Gasteiger partial charge in [-0.05, 0) is 77.0 Å². The number of hydrogen-bond acceptors (Lipinski definition) is 11. The van der Waals surface area contributed by atoms with Gasteiger partial charge in [-0.2, -0.15) is 0 Å². The number of esters is 3. The van der Waals surface area contributed by atoms with Crippen LogP contribution in [0.15, 0.2) is 48.6 Å². The van der Waals surface area contributed by atoms with Crippen molar-refractivity contribution in [3.05, 3.63) is 48.6 Å². The highest BCUT2D eigenvalue weighted by Crippen LogP contribution is 2.27. The van der Waals surface area contributed by atoms with Crippen molar-refractivity contribution in [3.8, 4) is 0 Å². The second-order valence-corrected chi connectivity index (χ2v) is 21.0. The molecular formula is C63H110O12. The minimum Gasteiger partial charge on any atom is -0.479 e. The summed E-state index contributed by atoms with van der Waals surface area (Å²) in [6.07, 6.45) is 49.3. The van der Waals surface area contributed by atoms with Crippen molar-refractivity contribution >= 4 is 23.9 Å². The molecule has 1 heterocycles. The van der Waals surface area contributed by atoms with Gasteiger partial charge in [-0.1, -0.05) is 230 Å². The zero-order valence-electron chi connectivity index (χ0n) is 47.8. The van der Waals surface area contributed by atoms with Crippen molar-refractivity contribution < 1.29 is 58.2 Å². The Balaban J connectivity index is 2.67. The van der Waals surface area contributed by atoms with E-state index in [0.717, 1.165) is 122 Å². The molecule has 3 N–H and O–H groups in total. The number of allylic oxidation sites excluding steroid dienone is 8. The van der Waals surface area contributed by atoms with E-state index in [0.29, 0.717) is 19.3 Å². The number of carbonyl (C=O) groups is 4. The van der Waals surface area contributed by atoms with Crippen LogP contribution in [0, 0.1) is 0 Å². The number of aliphatic carboxylic acids is 1. The Hall–Kier alpha value is -3.32. The molecule has 0 aromatic heterocycles. The summed E-state index contributed by atoms with van der Waals surface area (Å²) in [7, 11) is 0. The average Bonchev–Trinajstić information content (AvgIpc) is 3.39. The lowest BCUT2D eigenvalue weighted by Gasteiger charge is -2.40. The number of aliphatic hydroxyl groups excluding tert-OH is 2. The van der Waals surface area contributed by atoms with Crippen molar-refractivity contribution in [1.29, 1.82) is 0 Å². The summed E-state index contributed by atoms with van der Waals surface area (Å²) in [5.41, 5.74) is 0. The topological polar surface area (TPSA) is 175 Å². The smallest absolute Gasteiger partial charge is 0.335 e. The van der Waals surface area contributed by atoms with E-state index in [1.807, 2.05) is 0 Å². The van der Waals surface area contributed by atoms with Gasteiger partial charge in [0.1, 0.15) is 18.8 Å². The lowest BCUT2D eigenvalue weighted by molar-refractivity contribution is -0.301. The Morgan fingerprint density at radius 2 is 0.840 bits per heavy atom. The molecule has 1 saturated heterocycles. The third-order valence-electron chi connectivity index (χ3n) is 13.9. The number of carboxylic acid groups (broad SMARTS) is 1. The highest BCUT2D eigenvalue weighted by molar-refractivity contribution is 5.74. The van der Waals surface area contributed by atoms with Crippen LogP contribution in [-0.2, 0) is 42.9 Å². The van der Waals surface area contributed by atoms with Crippen LogP contribution in [-0.4, -0.2) is 89.2 Å². The van der Waals surface area contributed by atoms with Crippen molar-refractivity contribution in [2.24, 2.45) is 0 Å². The SMILES string of the molecule is CC/C=C\C/C=C\C/C=C\CCCCCCCCCC(=O)OC1C(OCC(COC(=O)CCCCCCCCCCCCCCCCC)OC(=O)CCCCCCC/C=C\CCCCCC)OC(C(=O)O)C(O)C1O. The minimum atomic E-state index is -1.91. The molecule has 12 nitrogen and oxygen atoms in total. The zero-order valence-corrected chi connectivity index (χ0v) is 47.8. The molecule has 75 heavy (non-hydrogen) atoms. The first-order chi connectivity index (χ1) is 36.6. The fourth-order valence-corrected chi connectivity index (χ4v) is 9.20. The Morgan fingerprint density at radius 3 is 1.31 bits per heavy atom. The number of carbonyl (C=O) groups excluding carboxylic acids is 3. The summed E-state index contributed by atoms with van der Waals surface area (Å²) in [5.74, 6) is -3.12. The fourth-order valence-electron chi connectivity index (χ4n) is 9.20. The van der Waals surface area contributed by atoms with Crippen LogP contribution in [0.1, 0.15) is 278 Å². The van der Waals surface area contributed by atoms with Crippen molar-refractivity contribution in [3.63, 3.8) is 0 Å². The molecule has 1 aliphatic heterocycles. The average molecular weight is 1060 g/mol. The number of rotatable bonds is 52. The summed E-state index contributed by atoms with van der Waals surface area (Å²) in [4.78, 5) is 51.2. The molecule has 1 aliphatic rings. The summed E-state index contributed by atoms with van der Waals surface area (Å²) in [6.45, 7) is 5.88. The van der Waals surface area contributed by atoms with Crippen LogP contribution in [0.3, 0.4) is 0 Å². The van der Waals surface area contributed by atoms with E-state index >= 15 is 0 Å². The minimum absolute atomic E-state index is 0.0499. The molecular weight excluding hydrogens is 949 g/mol. The van der Waals surface area contributed by atoms with Crippen LogP contribution in [0.25, 0.3) is 0 Å². The lowest BCUT2D eigenvalue weighted by Crippen LogP contribution is -2.61. The maximum atomic E-state index is 13.1. The second kappa shape index (κ2) is 51.4. The largest absolute Gasteiger partial charge is 0.479 e. The fraction of sp³-hybridized carbons (Fsp3) is 0.810. The maximum absolute atomic E-state index is 13.1. The van der Waals surface area contributed by atoms with Gasteiger partial charge in [0, 0.05) is 19.3 Å². The standard InChI is InChI=1S/C63H110O12/c1-4-7-10-13-16-19-22-25-27-28-30-33-36-39-42-45-48-51-57(66)74-61-59(68)58(67)60(62(69)70)75-63(61)72-53-54(73-56(65)50-47-44-41-38-35-31-24-21-18-15-12-9-6-3)52-71-55(64)49-46-43-40-37-34-32-29-26-23-20-17-14-11-8-5-2/h7,10,16,19,21,24-25,27,54,58-61,63,67-68H,4-6,8-9,11-15,17-18,20,22-23,26,28-53H2,1-3H3,(H,69,70)/b10-7-,19-16-,24-21-,27-25-. The Bertz CT molecular complexity index is 1490. The molecule has 0 aromatic rings. The van der Waals surface area contributed by atoms with Crippen molar-refractivity contribution in [2.75, 3.05) is 13.2 Å². The number of unbranched alkanes of at least 4 members (excludes halogenated alkanes) is 30. The van der Waals surface area contributed by atoms with E-state index in [2.05, 4.69) is 69.4 Å². The highest BCUT2D eigenvalue weighted by Gasteiger charge is 2.50. The van der Waals surface area contributed by atoms with Crippen molar-refractivity contribution in [1.82, 2.24) is 0 Å². The molecule has 6 unspecified atom stereocenters. The van der Waals surface area contributed by atoms with E-state index in [-0.39, 0.29) is 25.9 Å². The van der Waals surface area contributed by atoms with Gasteiger partial charge in [-0.3, -0.25) is 14.4 Å². The van der Waals surface area contributed by atoms with E-state index in [9.17, 15) is 34.5 Å². The van der Waals surface area contributed by atoms with Gasteiger partial charge in [0.15, 0.2) is 24.6 Å². The quantitative estimate of drug-likeness (QED) is 0.0228. The van der Waals surface area contributed by atoms with Crippen LogP contribution in [0.5, 0.6) is 0 Å². The summed E-state index contributed by atoms with van der Waals surface area (Å²) in [5, 5.41) is 31.5. The normalized spacial score (nSPS) is 18.4. The first-order valence-electron chi connectivity index (χ1n) is 30.6. The van der Waals surface area contributed by atoms with E-state index in [4.69, 9.17) is 23.7 Å². The number of aliphatic hydroxyl groups is 2. The van der Waals surface area contributed by atoms with Crippen molar-refractivity contribution in [2.45, 2.75) is 314 Å². The van der Waals surface area contributed by atoms with Crippen LogP contribution < -0.4 is 0 Å². The highest BCUT2D eigenvalue weighted by atomic mass is 16.7. The molecule has 12 heteroatoms. The van der Waals surface area contributed by atoms with Gasteiger partial charge in [0.25, 0.3) is 0 Å². The molecule has 0 radical (unpaired) electrons. The van der Waals surface area contributed by atoms with Gasteiger partial charge >= 0.3 is 23.9 Å². The molecule has 1 fully saturated rings. The van der Waals surface area contributed by atoms with Crippen LogP contribution in [0.2, 0.25) is 0 Å². The van der Waals surface area contributed by atoms with Gasteiger partial charge in [-0.15, -0.1) is 0 Å². The number of hydrogen-bond donors (Lipinski definition) is 3. The van der Waals surface area contributed by atoms with E-state index < -0.39 is 67.3 Å². The lowest BCUT2D eigenvalue weighted by atomic mass is 9.98. The predicted octanol–water partition coefficient (Wildman–Crippen LogP) is 15.8. The third kappa shape index (κ3) is 41.5. The Labute approximate surface area is 456 Å². The monoisotopic (exact) mass is 1060 g/mol. The molecule has 1 rings (SSSR count). The van der Waals surface area contributed by atoms with Crippen LogP contribution in [0.4, 0.5) is 0 Å². The second-order valence-electron chi connectivity index (χ2n) is 21.0. The van der Waals surface area contributed by atoms with E-state index in [1.165, 1.54) is 96.3 Å². The molecule has 0 aliphatic carbocycles.